The molecule has 0 bridgehead atoms. The van der Waals surface area contributed by atoms with Crippen LogP contribution in [-0.4, -0.2) is 27.1 Å². The third kappa shape index (κ3) is 4.52. The standard InChI is InChI=1S/C15H30O2Si/c1-8-9-12(2)14(10-13-11-16-13)17-18(6,7)15(3,4)5/h8,12-14H,1,9-11H2,2-7H3/t12-,13-,14+/m1/s1. The Morgan fingerprint density at radius 2 is 2.00 bits per heavy atom. The Morgan fingerprint density at radius 1 is 1.44 bits per heavy atom. The van der Waals surface area contributed by atoms with E-state index >= 15 is 0 Å². The molecule has 1 aliphatic rings. The maximum atomic E-state index is 6.58. The van der Waals surface area contributed by atoms with Crippen molar-refractivity contribution in [2.24, 2.45) is 5.92 Å². The van der Waals surface area contributed by atoms with Gasteiger partial charge in [0.15, 0.2) is 8.32 Å². The van der Waals surface area contributed by atoms with E-state index in [0.717, 1.165) is 19.4 Å². The number of hydrogen-bond acceptors (Lipinski definition) is 2. The maximum absolute atomic E-state index is 6.58. The van der Waals surface area contributed by atoms with Gasteiger partial charge in [-0.3, -0.25) is 0 Å². The van der Waals surface area contributed by atoms with Crippen LogP contribution < -0.4 is 0 Å². The summed E-state index contributed by atoms with van der Waals surface area (Å²) in [7, 11) is -1.69. The van der Waals surface area contributed by atoms with E-state index in [4.69, 9.17) is 9.16 Å². The molecule has 0 spiro atoms. The molecule has 0 unspecified atom stereocenters. The first-order valence-electron chi connectivity index (χ1n) is 7.07. The van der Waals surface area contributed by atoms with Gasteiger partial charge >= 0.3 is 0 Å². The zero-order chi connectivity index (χ0) is 14.0. The van der Waals surface area contributed by atoms with Gasteiger partial charge in [-0.1, -0.05) is 33.8 Å². The van der Waals surface area contributed by atoms with Gasteiger partial charge in [0, 0.05) is 6.42 Å². The largest absolute Gasteiger partial charge is 0.414 e. The Kier molecular flexibility index (Phi) is 5.21. The molecule has 2 nitrogen and oxygen atoms in total. The molecular formula is C15H30O2Si. The van der Waals surface area contributed by atoms with Crippen LogP contribution in [0.25, 0.3) is 0 Å². The van der Waals surface area contributed by atoms with Gasteiger partial charge in [0.2, 0.25) is 0 Å². The fourth-order valence-corrected chi connectivity index (χ4v) is 3.27. The van der Waals surface area contributed by atoms with Gasteiger partial charge in [-0.2, -0.15) is 0 Å². The maximum Gasteiger partial charge on any atom is 0.192 e. The molecule has 18 heavy (non-hydrogen) atoms. The molecule has 0 radical (unpaired) electrons. The van der Waals surface area contributed by atoms with Crippen molar-refractivity contribution in [3.63, 3.8) is 0 Å². The predicted molar refractivity (Wildman–Crippen MR) is 80.4 cm³/mol. The number of hydrogen-bond donors (Lipinski definition) is 0. The van der Waals surface area contributed by atoms with Crippen molar-refractivity contribution in [1.29, 1.82) is 0 Å². The zero-order valence-electron chi connectivity index (χ0n) is 13.0. The first kappa shape index (κ1) is 15.9. The molecular weight excluding hydrogens is 240 g/mol. The normalized spacial score (nSPS) is 23.6. The second-order valence-electron chi connectivity index (χ2n) is 7.11. The molecule has 1 saturated heterocycles. The highest BCUT2D eigenvalue weighted by atomic mass is 28.4. The molecule has 0 amide bonds. The second-order valence-corrected chi connectivity index (χ2v) is 11.9. The van der Waals surface area contributed by atoms with Crippen molar-refractivity contribution in [2.45, 2.75) is 70.9 Å². The zero-order valence-corrected chi connectivity index (χ0v) is 14.0. The van der Waals surface area contributed by atoms with Gasteiger partial charge in [-0.05, 0) is 30.5 Å². The number of epoxide rings is 1. The second kappa shape index (κ2) is 5.89. The van der Waals surface area contributed by atoms with Crippen LogP contribution in [0.1, 0.15) is 40.5 Å². The molecule has 106 valence electrons. The summed E-state index contributed by atoms with van der Waals surface area (Å²) in [5, 5.41) is 0.267. The average molecular weight is 270 g/mol. The number of rotatable bonds is 7. The topological polar surface area (TPSA) is 21.8 Å². The Bertz CT molecular complexity index is 277. The van der Waals surface area contributed by atoms with Gasteiger partial charge < -0.3 is 9.16 Å². The quantitative estimate of drug-likeness (QED) is 0.389. The van der Waals surface area contributed by atoms with Crippen LogP contribution in [0.15, 0.2) is 12.7 Å². The van der Waals surface area contributed by atoms with Crippen LogP contribution in [0, 0.1) is 5.92 Å². The summed E-state index contributed by atoms with van der Waals surface area (Å²) in [4.78, 5) is 0. The third-order valence-corrected chi connectivity index (χ3v) is 8.83. The molecule has 1 rings (SSSR count). The molecule has 0 aliphatic carbocycles. The summed E-state index contributed by atoms with van der Waals surface area (Å²) in [6.07, 6.45) is 4.82. The summed E-state index contributed by atoms with van der Waals surface area (Å²) in [6, 6.07) is 0. The summed E-state index contributed by atoms with van der Waals surface area (Å²) in [5.41, 5.74) is 0. The minimum atomic E-state index is -1.69. The van der Waals surface area contributed by atoms with Gasteiger partial charge in [0.1, 0.15) is 0 Å². The van der Waals surface area contributed by atoms with E-state index in [1.807, 2.05) is 6.08 Å². The van der Waals surface area contributed by atoms with Crippen molar-refractivity contribution in [3.8, 4) is 0 Å². The van der Waals surface area contributed by atoms with Crippen LogP contribution in [-0.2, 0) is 9.16 Å². The molecule has 0 saturated carbocycles. The highest BCUT2D eigenvalue weighted by Gasteiger charge is 2.41. The van der Waals surface area contributed by atoms with Gasteiger partial charge in [-0.15, -0.1) is 6.58 Å². The molecule has 0 aromatic heterocycles. The van der Waals surface area contributed by atoms with Crippen LogP contribution in [0.3, 0.4) is 0 Å². The lowest BCUT2D eigenvalue weighted by Gasteiger charge is -2.40. The number of ether oxygens (including phenoxy) is 1. The van der Waals surface area contributed by atoms with Crippen molar-refractivity contribution in [1.82, 2.24) is 0 Å². The molecule has 1 aliphatic heterocycles. The SMILES string of the molecule is C=CC[C@@H](C)[C@H](C[C@@H]1CO1)O[Si](C)(C)C(C)(C)C. The van der Waals surface area contributed by atoms with Crippen molar-refractivity contribution in [3.05, 3.63) is 12.7 Å². The fourth-order valence-electron chi connectivity index (χ4n) is 1.83. The van der Waals surface area contributed by atoms with Gasteiger partial charge in [0.05, 0.1) is 18.8 Å². The number of allylic oxidation sites excluding steroid dienone is 1. The molecule has 0 aromatic rings. The van der Waals surface area contributed by atoms with E-state index in [-0.39, 0.29) is 5.04 Å². The van der Waals surface area contributed by atoms with Crippen LogP contribution >= 0.6 is 0 Å². The molecule has 1 heterocycles. The van der Waals surface area contributed by atoms with E-state index in [1.165, 1.54) is 0 Å². The lowest BCUT2D eigenvalue weighted by molar-refractivity contribution is 0.108. The average Bonchev–Trinajstić information content (AvgIpc) is 2.99. The lowest BCUT2D eigenvalue weighted by Crippen LogP contribution is -2.45. The smallest absolute Gasteiger partial charge is 0.192 e. The highest BCUT2D eigenvalue weighted by Crippen LogP contribution is 2.39. The third-order valence-electron chi connectivity index (χ3n) is 4.32. The van der Waals surface area contributed by atoms with E-state index in [9.17, 15) is 0 Å². The van der Waals surface area contributed by atoms with Crippen LogP contribution in [0.5, 0.6) is 0 Å². The Labute approximate surface area is 114 Å². The van der Waals surface area contributed by atoms with E-state index in [2.05, 4.69) is 47.4 Å². The summed E-state index contributed by atoms with van der Waals surface area (Å²) in [5.74, 6) is 0.529. The molecule has 0 N–H and O–H groups in total. The lowest BCUT2D eigenvalue weighted by atomic mass is 9.97. The molecule has 0 aromatic carbocycles. The van der Waals surface area contributed by atoms with Crippen molar-refractivity contribution < 1.29 is 9.16 Å². The summed E-state index contributed by atoms with van der Waals surface area (Å²) < 4.78 is 12.0. The Balaban J connectivity index is 2.67. The monoisotopic (exact) mass is 270 g/mol. The van der Waals surface area contributed by atoms with Crippen molar-refractivity contribution >= 4 is 8.32 Å². The minimum absolute atomic E-state index is 0.267. The predicted octanol–water partition coefficient (Wildman–Crippen LogP) is 4.38. The van der Waals surface area contributed by atoms with Crippen LogP contribution in [0.2, 0.25) is 18.1 Å². The van der Waals surface area contributed by atoms with Gasteiger partial charge in [-0.25, -0.2) is 0 Å². The van der Waals surface area contributed by atoms with E-state index in [0.29, 0.717) is 18.1 Å². The van der Waals surface area contributed by atoms with Crippen molar-refractivity contribution in [2.75, 3.05) is 6.61 Å². The summed E-state index contributed by atoms with van der Waals surface area (Å²) in [6.45, 7) is 18.6. The minimum Gasteiger partial charge on any atom is -0.414 e. The Morgan fingerprint density at radius 3 is 2.39 bits per heavy atom. The van der Waals surface area contributed by atoms with Gasteiger partial charge in [0.25, 0.3) is 0 Å². The first-order valence-corrected chi connectivity index (χ1v) is 9.98. The van der Waals surface area contributed by atoms with E-state index < -0.39 is 8.32 Å². The first-order chi connectivity index (χ1) is 8.17. The summed E-state index contributed by atoms with van der Waals surface area (Å²) >= 11 is 0. The molecule has 3 atom stereocenters. The Hall–Kier alpha value is -0.123. The van der Waals surface area contributed by atoms with E-state index in [1.54, 1.807) is 0 Å². The molecule has 3 heteroatoms. The highest BCUT2D eigenvalue weighted by molar-refractivity contribution is 6.74. The fraction of sp³-hybridized carbons (Fsp3) is 0.867. The molecule has 1 fully saturated rings. The van der Waals surface area contributed by atoms with Crippen LogP contribution in [0.4, 0.5) is 0 Å².